The number of carbonyl (C=O) groups is 2. The van der Waals surface area contributed by atoms with Crippen LogP contribution in [0.2, 0.25) is 0 Å². The van der Waals surface area contributed by atoms with Crippen molar-refractivity contribution in [2.45, 2.75) is 45.3 Å². The molecule has 0 aromatic heterocycles. The summed E-state index contributed by atoms with van der Waals surface area (Å²) in [5.41, 5.74) is 0.565. The molecule has 2 heterocycles. The smallest absolute Gasteiger partial charge is 0.410 e. The highest BCUT2D eigenvalue weighted by molar-refractivity contribution is 5.80. The second kappa shape index (κ2) is 8.30. The van der Waals surface area contributed by atoms with Crippen molar-refractivity contribution in [1.29, 1.82) is 0 Å². The molecule has 2 aliphatic rings. The number of ether oxygens (including phenoxy) is 2. The van der Waals surface area contributed by atoms with Crippen molar-refractivity contribution in [1.82, 2.24) is 9.80 Å². The van der Waals surface area contributed by atoms with Gasteiger partial charge in [-0.1, -0.05) is 30.3 Å². The maximum absolute atomic E-state index is 13.1. The third-order valence-electron chi connectivity index (χ3n) is 4.97. The highest BCUT2D eigenvalue weighted by atomic mass is 16.6. The topological polar surface area (TPSA) is 59.1 Å². The van der Waals surface area contributed by atoms with Gasteiger partial charge in [0.25, 0.3) is 0 Å². The largest absolute Gasteiger partial charge is 0.444 e. The number of piperidine rings is 1. The molecule has 1 aromatic rings. The minimum atomic E-state index is -0.527. The Labute approximate surface area is 161 Å². The van der Waals surface area contributed by atoms with Crippen molar-refractivity contribution < 1.29 is 19.1 Å². The summed E-state index contributed by atoms with van der Waals surface area (Å²) in [6.07, 6.45) is 1.21. The molecule has 0 bridgehead atoms. The van der Waals surface area contributed by atoms with E-state index >= 15 is 0 Å². The molecular weight excluding hydrogens is 344 g/mol. The van der Waals surface area contributed by atoms with Gasteiger partial charge < -0.3 is 19.3 Å². The minimum Gasteiger partial charge on any atom is -0.444 e. The minimum absolute atomic E-state index is 0.0885. The molecular formula is C21H30N2O4. The van der Waals surface area contributed by atoms with Crippen LogP contribution in [0.5, 0.6) is 0 Å². The fourth-order valence-electron chi connectivity index (χ4n) is 3.65. The first kappa shape index (κ1) is 19.7. The zero-order valence-corrected chi connectivity index (χ0v) is 16.5. The molecule has 1 unspecified atom stereocenters. The first-order valence-corrected chi connectivity index (χ1v) is 9.77. The Balaban J connectivity index is 1.60. The van der Waals surface area contributed by atoms with Crippen molar-refractivity contribution in [3.05, 3.63) is 35.9 Å². The highest BCUT2D eigenvalue weighted by Crippen LogP contribution is 2.26. The number of hydrogen-bond donors (Lipinski definition) is 0. The predicted molar refractivity (Wildman–Crippen MR) is 102 cm³/mol. The van der Waals surface area contributed by atoms with Gasteiger partial charge in [0.2, 0.25) is 5.91 Å². The molecule has 2 saturated heterocycles. The van der Waals surface area contributed by atoms with E-state index in [1.165, 1.54) is 0 Å². The zero-order valence-electron chi connectivity index (χ0n) is 16.5. The monoisotopic (exact) mass is 374 g/mol. The van der Waals surface area contributed by atoms with E-state index < -0.39 is 5.60 Å². The van der Waals surface area contributed by atoms with Crippen molar-refractivity contribution in [2.75, 3.05) is 32.8 Å². The lowest BCUT2D eigenvalue weighted by Gasteiger charge is -2.38. The molecule has 0 aliphatic carbocycles. The molecule has 3 rings (SSSR count). The van der Waals surface area contributed by atoms with Crippen LogP contribution >= 0.6 is 0 Å². The van der Waals surface area contributed by atoms with Crippen molar-refractivity contribution >= 4 is 12.0 Å². The molecule has 0 radical (unpaired) electrons. The zero-order chi connectivity index (χ0) is 19.4. The second-order valence-electron chi connectivity index (χ2n) is 8.32. The molecule has 2 atom stereocenters. The Morgan fingerprint density at radius 1 is 1.07 bits per heavy atom. The normalized spacial score (nSPS) is 23.8. The third-order valence-corrected chi connectivity index (χ3v) is 4.97. The summed E-state index contributed by atoms with van der Waals surface area (Å²) < 4.78 is 11.3. The predicted octanol–water partition coefficient (Wildman–Crippen LogP) is 3.23. The quantitative estimate of drug-likeness (QED) is 0.797. The molecule has 2 fully saturated rings. The standard InChI is InChI=1S/C21H30N2O4/c1-21(2,3)27-20(25)23-11-7-10-17(14-23)19(24)22-12-13-26-18(15-22)16-8-5-4-6-9-16/h4-6,8-9,17-18H,7,10-15H2,1-3H3/t17-,18?/m1/s1. The lowest BCUT2D eigenvalue weighted by Crippen LogP contribution is -2.50. The Morgan fingerprint density at radius 2 is 1.81 bits per heavy atom. The number of rotatable bonds is 2. The van der Waals surface area contributed by atoms with E-state index in [0.717, 1.165) is 18.4 Å². The number of nitrogens with zero attached hydrogens (tertiary/aromatic N) is 2. The first-order chi connectivity index (χ1) is 12.8. The second-order valence-corrected chi connectivity index (χ2v) is 8.32. The van der Waals surface area contributed by atoms with Crippen LogP contribution in [0.25, 0.3) is 0 Å². The van der Waals surface area contributed by atoms with Gasteiger partial charge in [-0.3, -0.25) is 4.79 Å². The molecule has 0 spiro atoms. The van der Waals surface area contributed by atoms with Crippen molar-refractivity contribution in [3.8, 4) is 0 Å². The molecule has 2 amide bonds. The highest BCUT2D eigenvalue weighted by Gasteiger charge is 2.35. The van der Waals surface area contributed by atoms with Crippen LogP contribution < -0.4 is 0 Å². The summed E-state index contributed by atoms with van der Waals surface area (Å²) >= 11 is 0. The summed E-state index contributed by atoms with van der Waals surface area (Å²) in [6, 6.07) is 10.0. The van der Waals surface area contributed by atoms with Crippen LogP contribution in [-0.4, -0.2) is 60.2 Å². The van der Waals surface area contributed by atoms with Crippen LogP contribution in [0.3, 0.4) is 0 Å². The van der Waals surface area contributed by atoms with Crippen molar-refractivity contribution in [3.63, 3.8) is 0 Å². The fraction of sp³-hybridized carbons (Fsp3) is 0.619. The third kappa shape index (κ3) is 5.22. The molecule has 27 heavy (non-hydrogen) atoms. The summed E-state index contributed by atoms with van der Waals surface area (Å²) in [4.78, 5) is 29.0. The van der Waals surface area contributed by atoms with Gasteiger partial charge in [0.05, 0.1) is 19.1 Å². The van der Waals surface area contributed by atoms with Crippen LogP contribution in [0.1, 0.15) is 45.3 Å². The fourth-order valence-corrected chi connectivity index (χ4v) is 3.65. The average molecular weight is 374 g/mol. The summed E-state index contributed by atoms with van der Waals surface area (Å²) in [6.45, 7) is 8.35. The molecule has 6 nitrogen and oxygen atoms in total. The van der Waals surface area contributed by atoms with E-state index in [9.17, 15) is 9.59 Å². The number of carbonyl (C=O) groups excluding carboxylic acids is 2. The molecule has 1 aromatic carbocycles. The molecule has 6 heteroatoms. The van der Waals surface area contributed by atoms with Crippen LogP contribution in [0.4, 0.5) is 4.79 Å². The molecule has 0 N–H and O–H groups in total. The van der Waals surface area contributed by atoms with E-state index in [1.807, 2.05) is 56.0 Å². The Kier molecular flexibility index (Phi) is 6.05. The van der Waals surface area contributed by atoms with Crippen LogP contribution in [-0.2, 0) is 14.3 Å². The SMILES string of the molecule is CC(C)(C)OC(=O)N1CCC[C@@H](C(=O)N2CCOC(c3ccccc3)C2)C1. The van der Waals surface area contributed by atoms with Gasteiger partial charge >= 0.3 is 6.09 Å². The van der Waals surface area contributed by atoms with Gasteiger partial charge in [0, 0.05) is 19.6 Å². The van der Waals surface area contributed by atoms with E-state index in [2.05, 4.69) is 0 Å². The molecule has 2 aliphatic heterocycles. The van der Waals surface area contributed by atoms with E-state index in [4.69, 9.17) is 9.47 Å². The summed E-state index contributed by atoms with van der Waals surface area (Å²) in [5, 5.41) is 0. The number of hydrogen-bond acceptors (Lipinski definition) is 4. The van der Waals surface area contributed by atoms with Gasteiger partial charge in [-0.05, 0) is 39.2 Å². The van der Waals surface area contributed by atoms with E-state index in [1.54, 1.807) is 4.90 Å². The van der Waals surface area contributed by atoms with Gasteiger partial charge in [-0.15, -0.1) is 0 Å². The number of likely N-dealkylation sites (tertiary alicyclic amines) is 1. The summed E-state index contributed by atoms with van der Waals surface area (Å²) in [7, 11) is 0. The average Bonchev–Trinajstić information content (AvgIpc) is 2.67. The van der Waals surface area contributed by atoms with E-state index in [-0.39, 0.29) is 24.0 Å². The van der Waals surface area contributed by atoms with Gasteiger partial charge in [-0.2, -0.15) is 0 Å². The van der Waals surface area contributed by atoms with Gasteiger partial charge in [0.15, 0.2) is 0 Å². The first-order valence-electron chi connectivity index (χ1n) is 9.77. The van der Waals surface area contributed by atoms with Crippen LogP contribution in [0, 0.1) is 5.92 Å². The Hall–Kier alpha value is -2.08. The van der Waals surface area contributed by atoms with Gasteiger partial charge in [0.1, 0.15) is 11.7 Å². The van der Waals surface area contributed by atoms with Crippen LogP contribution in [0.15, 0.2) is 30.3 Å². The van der Waals surface area contributed by atoms with E-state index in [0.29, 0.717) is 32.8 Å². The van der Waals surface area contributed by atoms with Crippen molar-refractivity contribution in [2.24, 2.45) is 5.92 Å². The Morgan fingerprint density at radius 3 is 2.52 bits per heavy atom. The maximum Gasteiger partial charge on any atom is 0.410 e. The summed E-state index contributed by atoms with van der Waals surface area (Å²) in [5.74, 6) is -0.0479. The lowest BCUT2D eigenvalue weighted by atomic mass is 9.96. The lowest BCUT2D eigenvalue weighted by molar-refractivity contribution is -0.145. The molecule has 0 saturated carbocycles. The number of morpholine rings is 1. The van der Waals surface area contributed by atoms with Gasteiger partial charge in [-0.25, -0.2) is 4.79 Å². The Bertz CT molecular complexity index is 656. The maximum atomic E-state index is 13.1. The number of benzene rings is 1. The number of amides is 2. The molecule has 148 valence electrons.